The van der Waals surface area contributed by atoms with E-state index in [9.17, 15) is 0 Å². The summed E-state index contributed by atoms with van der Waals surface area (Å²) in [5, 5.41) is 3.53. The molecule has 2 nitrogen and oxygen atoms in total. The summed E-state index contributed by atoms with van der Waals surface area (Å²) < 4.78 is 5.34. The zero-order chi connectivity index (χ0) is 12.8. The molecule has 0 spiro atoms. The zero-order valence-corrected chi connectivity index (χ0v) is 11.1. The van der Waals surface area contributed by atoms with Crippen molar-refractivity contribution in [1.82, 2.24) is 5.32 Å². The summed E-state index contributed by atoms with van der Waals surface area (Å²) in [4.78, 5) is 0. The predicted octanol–water partition coefficient (Wildman–Crippen LogP) is 3.35. The Hall–Kier alpha value is -1.54. The summed E-state index contributed by atoms with van der Waals surface area (Å²) in [7, 11) is 0. The average Bonchev–Trinajstić information content (AvgIpc) is 2.82. The van der Waals surface area contributed by atoms with Crippen LogP contribution in [-0.2, 0) is 12.8 Å². The second kappa shape index (κ2) is 6.41. The molecule has 0 aliphatic rings. The highest BCUT2D eigenvalue weighted by molar-refractivity contribution is 5.22. The van der Waals surface area contributed by atoms with Crippen molar-refractivity contribution in [2.24, 2.45) is 0 Å². The van der Waals surface area contributed by atoms with Gasteiger partial charge in [0.05, 0.1) is 6.26 Å². The number of benzene rings is 1. The van der Waals surface area contributed by atoms with Gasteiger partial charge in [-0.15, -0.1) is 0 Å². The van der Waals surface area contributed by atoms with Gasteiger partial charge >= 0.3 is 0 Å². The molecule has 2 rings (SSSR count). The van der Waals surface area contributed by atoms with Crippen LogP contribution in [0.25, 0.3) is 0 Å². The molecule has 18 heavy (non-hydrogen) atoms. The maximum Gasteiger partial charge on any atom is 0.105 e. The first-order valence-corrected chi connectivity index (χ1v) is 6.55. The molecule has 2 aromatic rings. The van der Waals surface area contributed by atoms with Crippen LogP contribution in [-0.4, -0.2) is 12.6 Å². The third-order valence-corrected chi connectivity index (χ3v) is 3.08. The summed E-state index contributed by atoms with van der Waals surface area (Å²) in [6.07, 6.45) is 3.75. The molecule has 2 heteroatoms. The van der Waals surface area contributed by atoms with E-state index >= 15 is 0 Å². The topological polar surface area (TPSA) is 25.2 Å². The highest BCUT2D eigenvalue weighted by Crippen LogP contribution is 2.06. The number of hydrogen-bond donors (Lipinski definition) is 1. The molecule has 0 amide bonds. The molecule has 0 saturated carbocycles. The van der Waals surface area contributed by atoms with Crippen LogP contribution in [0.2, 0.25) is 0 Å². The second-order valence-electron chi connectivity index (χ2n) is 4.88. The summed E-state index contributed by atoms with van der Waals surface area (Å²) >= 11 is 0. The van der Waals surface area contributed by atoms with E-state index < -0.39 is 0 Å². The Morgan fingerprint density at radius 2 is 2.11 bits per heavy atom. The summed E-state index contributed by atoms with van der Waals surface area (Å²) in [6, 6.07) is 13.1. The van der Waals surface area contributed by atoms with Gasteiger partial charge in [0.15, 0.2) is 0 Å². The minimum atomic E-state index is 0.445. The normalized spacial score (nSPS) is 12.6. The minimum Gasteiger partial charge on any atom is -0.469 e. The molecule has 96 valence electrons. The van der Waals surface area contributed by atoms with Crippen LogP contribution in [0.3, 0.4) is 0 Å². The Bertz CT molecular complexity index is 462. The van der Waals surface area contributed by atoms with Crippen LogP contribution < -0.4 is 5.32 Å². The van der Waals surface area contributed by atoms with Gasteiger partial charge in [-0.3, -0.25) is 0 Å². The lowest BCUT2D eigenvalue weighted by Gasteiger charge is -2.12. The standard InChI is InChI=1S/C16H21NO/c1-13-5-3-6-15(11-13)8-9-17-14(2)12-16-7-4-10-18-16/h3-7,10-11,14,17H,8-9,12H2,1-2H3. The van der Waals surface area contributed by atoms with Crippen LogP contribution in [0.4, 0.5) is 0 Å². The van der Waals surface area contributed by atoms with Crippen LogP contribution in [0, 0.1) is 6.92 Å². The van der Waals surface area contributed by atoms with Crippen molar-refractivity contribution in [2.75, 3.05) is 6.54 Å². The molecule has 1 heterocycles. The van der Waals surface area contributed by atoms with Crippen molar-refractivity contribution in [3.05, 3.63) is 59.5 Å². The monoisotopic (exact) mass is 243 g/mol. The Morgan fingerprint density at radius 3 is 2.83 bits per heavy atom. The van der Waals surface area contributed by atoms with Gasteiger partial charge in [-0.1, -0.05) is 29.8 Å². The molecule has 0 aliphatic heterocycles. The molecule has 0 radical (unpaired) electrons. The lowest BCUT2D eigenvalue weighted by atomic mass is 10.1. The third-order valence-electron chi connectivity index (χ3n) is 3.08. The van der Waals surface area contributed by atoms with Crippen molar-refractivity contribution in [3.63, 3.8) is 0 Å². The molecule has 0 fully saturated rings. The molecule has 1 unspecified atom stereocenters. The maximum atomic E-state index is 5.34. The van der Waals surface area contributed by atoms with Crippen molar-refractivity contribution >= 4 is 0 Å². The van der Waals surface area contributed by atoms with Gasteiger partial charge in [0.25, 0.3) is 0 Å². The number of furan rings is 1. The molecule has 0 bridgehead atoms. The van der Waals surface area contributed by atoms with E-state index in [4.69, 9.17) is 4.42 Å². The van der Waals surface area contributed by atoms with Crippen molar-refractivity contribution in [1.29, 1.82) is 0 Å². The highest BCUT2D eigenvalue weighted by atomic mass is 16.3. The fourth-order valence-corrected chi connectivity index (χ4v) is 2.13. The van der Waals surface area contributed by atoms with E-state index in [-0.39, 0.29) is 0 Å². The lowest BCUT2D eigenvalue weighted by molar-refractivity contribution is 0.458. The van der Waals surface area contributed by atoms with Crippen molar-refractivity contribution in [3.8, 4) is 0 Å². The molecule has 0 saturated heterocycles. The van der Waals surface area contributed by atoms with Crippen molar-refractivity contribution in [2.45, 2.75) is 32.7 Å². The Balaban J connectivity index is 1.72. The van der Waals surface area contributed by atoms with Gasteiger partial charge < -0.3 is 9.73 Å². The zero-order valence-electron chi connectivity index (χ0n) is 11.1. The smallest absolute Gasteiger partial charge is 0.105 e. The Kier molecular flexibility index (Phi) is 4.59. The van der Waals surface area contributed by atoms with Gasteiger partial charge in [-0.2, -0.15) is 0 Å². The lowest BCUT2D eigenvalue weighted by Crippen LogP contribution is -2.29. The van der Waals surface area contributed by atoms with Crippen LogP contribution in [0.1, 0.15) is 23.8 Å². The summed E-state index contributed by atoms with van der Waals surface area (Å²) in [5.74, 6) is 1.05. The number of nitrogens with one attached hydrogen (secondary N) is 1. The maximum absolute atomic E-state index is 5.34. The predicted molar refractivity (Wildman–Crippen MR) is 74.8 cm³/mol. The molecular weight excluding hydrogens is 222 g/mol. The number of hydrogen-bond acceptors (Lipinski definition) is 2. The van der Waals surface area contributed by atoms with E-state index in [2.05, 4.69) is 43.4 Å². The van der Waals surface area contributed by atoms with Gasteiger partial charge in [0.2, 0.25) is 0 Å². The van der Waals surface area contributed by atoms with E-state index in [1.165, 1.54) is 11.1 Å². The number of aryl methyl sites for hydroxylation is 1. The molecule has 1 N–H and O–H groups in total. The van der Waals surface area contributed by atoms with Crippen LogP contribution >= 0.6 is 0 Å². The quantitative estimate of drug-likeness (QED) is 0.841. The second-order valence-corrected chi connectivity index (χ2v) is 4.88. The van der Waals surface area contributed by atoms with Gasteiger partial charge in [-0.05, 0) is 44.5 Å². The Morgan fingerprint density at radius 1 is 1.22 bits per heavy atom. The molecule has 1 aromatic heterocycles. The van der Waals surface area contributed by atoms with Crippen LogP contribution in [0.15, 0.2) is 47.1 Å². The molecular formula is C16H21NO. The highest BCUT2D eigenvalue weighted by Gasteiger charge is 2.04. The minimum absolute atomic E-state index is 0.445. The Labute approximate surface area is 109 Å². The third kappa shape index (κ3) is 4.04. The summed E-state index contributed by atoms with van der Waals surface area (Å²) in [6.45, 7) is 5.33. The van der Waals surface area contributed by atoms with E-state index in [1.807, 2.05) is 12.1 Å². The fraction of sp³-hybridized carbons (Fsp3) is 0.375. The van der Waals surface area contributed by atoms with Crippen LogP contribution in [0.5, 0.6) is 0 Å². The van der Waals surface area contributed by atoms with Gasteiger partial charge in [0.1, 0.15) is 5.76 Å². The first kappa shape index (κ1) is 12.9. The van der Waals surface area contributed by atoms with E-state index in [0.29, 0.717) is 6.04 Å². The van der Waals surface area contributed by atoms with E-state index in [0.717, 1.165) is 25.1 Å². The van der Waals surface area contributed by atoms with E-state index in [1.54, 1.807) is 6.26 Å². The first-order chi connectivity index (χ1) is 8.74. The largest absolute Gasteiger partial charge is 0.469 e. The first-order valence-electron chi connectivity index (χ1n) is 6.55. The summed E-state index contributed by atoms with van der Waals surface area (Å²) in [5.41, 5.74) is 2.73. The number of rotatable bonds is 6. The molecule has 1 aromatic carbocycles. The van der Waals surface area contributed by atoms with Gasteiger partial charge in [-0.25, -0.2) is 0 Å². The SMILES string of the molecule is Cc1cccc(CCNC(C)Cc2ccco2)c1. The average molecular weight is 243 g/mol. The van der Waals surface area contributed by atoms with Crippen molar-refractivity contribution < 1.29 is 4.42 Å². The van der Waals surface area contributed by atoms with Gasteiger partial charge in [0, 0.05) is 12.5 Å². The molecule has 1 atom stereocenters. The fourth-order valence-electron chi connectivity index (χ4n) is 2.13. The molecule has 0 aliphatic carbocycles.